The van der Waals surface area contributed by atoms with Crippen LogP contribution in [-0.4, -0.2) is 10.3 Å². The Hall–Kier alpha value is -1.81. The fourth-order valence-corrected chi connectivity index (χ4v) is 1.51. The molecule has 0 aliphatic rings. The van der Waals surface area contributed by atoms with Crippen LogP contribution in [0.2, 0.25) is 0 Å². The maximum atomic E-state index is 9.62. The third-order valence-electron chi connectivity index (χ3n) is 2.35. The normalized spacial score (nSPS) is 10.6. The molecule has 16 heavy (non-hydrogen) atoms. The van der Waals surface area contributed by atoms with E-state index >= 15 is 0 Å². The lowest BCUT2D eigenvalue weighted by Crippen LogP contribution is -2.13. The van der Waals surface area contributed by atoms with Crippen LogP contribution in [0.3, 0.4) is 0 Å². The highest BCUT2D eigenvalue weighted by molar-refractivity contribution is 5.35. The molecule has 4 nitrogen and oxygen atoms in total. The average Bonchev–Trinajstić information content (AvgIpc) is 2.76. The van der Waals surface area contributed by atoms with Crippen LogP contribution in [0.4, 0.5) is 0 Å². The van der Waals surface area contributed by atoms with Crippen molar-refractivity contribution in [3.63, 3.8) is 0 Å². The van der Waals surface area contributed by atoms with Crippen molar-refractivity contribution in [3.8, 4) is 5.75 Å². The van der Waals surface area contributed by atoms with Gasteiger partial charge < -0.3 is 14.9 Å². The third kappa shape index (κ3) is 2.61. The van der Waals surface area contributed by atoms with Gasteiger partial charge in [-0.3, -0.25) is 0 Å². The van der Waals surface area contributed by atoms with E-state index < -0.39 is 0 Å². The van der Waals surface area contributed by atoms with Crippen LogP contribution in [0.15, 0.2) is 35.1 Å². The Labute approximate surface area is 93.9 Å². The van der Waals surface area contributed by atoms with Gasteiger partial charge in [0.25, 0.3) is 0 Å². The Morgan fingerprint density at radius 1 is 1.31 bits per heavy atom. The van der Waals surface area contributed by atoms with Gasteiger partial charge in [-0.05, 0) is 13.0 Å². The fourth-order valence-electron chi connectivity index (χ4n) is 1.51. The van der Waals surface area contributed by atoms with Gasteiger partial charge in [-0.2, -0.15) is 0 Å². The molecule has 0 atom stereocenters. The molecular formula is C12H14N2O2. The van der Waals surface area contributed by atoms with Gasteiger partial charge in [0.2, 0.25) is 0 Å². The minimum atomic E-state index is 0.318. The van der Waals surface area contributed by atoms with Crippen LogP contribution in [0.25, 0.3) is 0 Å². The van der Waals surface area contributed by atoms with Crippen molar-refractivity contribution < 1.29 is 9.63 Å². The number of hydrogen-bond acceptors (Lipinski definition) is 4. The number of phenolic OH excluding ortho intramolecular Hbond substituents is 1. The largest absolute Gasteiger partial charge is 0.508 e. The molecule has 2 N–H and O–H groups in total. The first kappa shape index (κ1) is 10.7. The zero-order valence-corrected chi connectivity index (χ0v) is 9.10. The summed E-state index contributed by atoms with van der Waals surface area (Å²) in [6.45, 7) is 3.24. The molecule has 1 heterocycles. The third-order valence-corrected chi connectivity index (χ3v) is 2.35. The molecular weight excluding hydrogens is 204 g/mol. The Morgan fingerprint density at radius 3 is 2.94 bits per heavy atom. The molecule has 2 aromatic rings. The Bertz CT molecular complexity index is 452. The van der Waals surface area contributed by atoms with Gasteiger partial charge in [0.1, 0.15) is 12.0 Å². The van der Waals surface area contributed by atoms with Gasteiger partial charge in [0.15, 0.2) is 0 Å². The summed E-state index contributed by atoms with van der Waals surface area (Å²) in [7, 11) is 0. The van der Waals surface area contributed by atoms with Crippen LogP contribution < -0.4 is 5.32 Å². The van der Waals surface area contributed by atoms with Crippen molar-refractivity contribution in [2.24, 2.45) is 0 Å². The van der Waals surface area contributed by atoms with Crippen molar-refractivity contribution in [1.82, 2.24) is 10.5 Å². The van der Waals surface area contributed by atoms with Crippen molar-refractivity contribution >= 4 is 0 Å². The first-order valence-electron chi connectivity index (χ1n) is 5.14. The fraction of sp³-hybridized carbons (Fsp3) is 0.250. The molecule has 1 aromatic heterocycles. The number of hydrogen-bond donors (Lipinski definition) is 2. The Balaban J connectivity index is 1.92. The van der Waals surface area contributed by atoms with Gasteiger partial charge in [0, 0.05) is 24.7 Å². The van der Waals surface area contributed by atoms with E-state index in [9.17, 15) is 5.11 Å². The molecule has 2 rings (SSSR count). The number of phenols is 1. The standard InChI is InChI=1S/C12H14N2O2/c1-9-2-3-12(15)10(6-9)7-13-8-11-4-5-16-14-11/h2-6,13,15H,7-8H2,1H3. The highest BCUT2D eigenvalue weighted by Gasteiger charge is 2.01. The Morgan fingerprint density at radius 2 is 2.19 bits per heavy atom. The summed E-state index contributed by atoms with van der Waals surface area (Å²) in [4.78, 5) is 0. The molecule has 0 spiro atoms. The van der Waals surface area contributed by atoms with Crippen molar-refractivity contribution in [2.75, 3.05) is 0 Å². The zero-order chi connectivity index (χ0) is 11.4. The van der Waals surface area contributed by atoms with Gasteiger partial charge in [-0.15, -0.1) is 0 Å². The van der Waals surface area contributed by atoms with E-state index in [0.29, 0.717) is 18.8 Å². The first-order valence-corrected chi connectivity index (χ1v) is 5.14. The van der Waals surface area contributed by atoms with Gasteiger partial charge in [-0.1, -0.05) is 22.9 Å². The molecule has 0 radical (unpaired) electrons. The van der Waals surface area contributed by atoms with Crippen LogP contribution in [-0.2, 0) is 13.1 Å². The van der Waals surface area contributed by atoms with Crippen LogP contribution >= 0.6 is 0 Å². The van der Waals surface area contributed by atoms with Crippen molar-refractivity contribution in [3.05, 3.63) is 47.3 Å². The predicted molar refractivity (Wildman–Crippen MR) is 59.9 cm³/mol. The molecule has 0 saturated carbocycles. The van der Waals surface area contributed by atoms with Gasteiger partial charge in [-0.25, -0.2) is 0 Å². The highest BCUT2D eigenvalue weighted by atomic mass is 16.5. The monoisotopic (exact) mass is 218 g/mol. The lowest BCUT2D eigenvalue weighted by molar-refractivity contribution is 0.408. The summed E-state index contributed by atoms with van der Waals surface area (Å²) in [5.74, 6) is 0.318. The van der Waals surface area contributed by atoms with E-state index in [0.717, 1.165) is 16.8 Å². The maximum Gasteiger partial charge on any atom is 0.124 e. The number of nitrogens with zero attached hydrogens (tertiary/aromatic N) is 1. The number of aryl methyl sites for hydroxylation is 1. The average molecular weight is 218 g/mol. The molecule has 0 fully saturated rings. The predicted octanol–water partition coefficient (Wildman–Crippen LogP) is 1.98. The first-order chi connectivity index (χ1) is 7.75. The van der Waals surface area contributed by atoms with E-state index in [1.807, 2.05) is 25.1 Å². The molecule has 0 unspecified atom stereocenters. The summed E-state index contributed by atoms with van der Waals surface area (Å²) in [6.07, 6.45) is 1.54. The molecule has 0 aliphatic carbocycles. The molecule has 1 aromatic carbocycles. The van der Waals surface area contributed by atoms with E-state index in [2.05, 4.69) is 10.5 Å². The zero-order valence-electron chi connectivity index (χ0n) is 9.10. The second kappa shape index (κ2) is 4.81. The van der Waals surface area contributed by atoms with E-state index in [4.69, 9.17) is 4.52 Å². The van der Waals surface area contributed by atoms with Gasteiger partial charge in [0.05, 0.1) is 5.69 Å². The van der Waals surface area contributed by atoms with E-state index in [-0.39, 0.29) is 0 Å². The van der Waals surface area contributed by atoms with Crippen LogP contribution in [0, 0.1) is 6.92 Å². The molecule has 0 bridgehead atoms. The molecule has 4 heteroatoms. The summed E-state index contributed by atoms with van der Waals surface area (Å²) in [5.41, 5.74) is 2.88. The summed E-state index contributed by atoms with van der Waals surface area (Å²) >= 11 is 0. The number of aromatic nitrogens is 1. The van der Waals surface area contributed by atoms with Crippen LogP contribution in [0.1, 0.15) is 16.8 Å². The summed E-state index contributed by atoms with van der Waals surface area (Å²) < 4.78 is 4.72. The lowest BCUT2D eigenvalue weighted by atomic mass is 10.1. The minimum Gasteiger partial charge on any atom is -0.508 e. The molecule has 0 saturated heterocycles. The Kier molecular flexibility index (Phi) is 3.22. The second-order valence-corrected chi connectivity index (χ2v) is 3.73. The van der Waals surface area contributed by atoms with Crippen LogP contribution in [0.5, 0.6) is 5.75 Å². The highest BCUT2D eigenvalue weighted by Crippen LogP contribution is 2.17. The number of benzene rings is 1. The topological polar surface area (TPSA) is 58.3 Å². The molecule has 0 amide bonds. The summed E-state index contributed by atoms with van der Waals surface area (Å²) in [6, 6.07) is 7.37. The second-order valence-electron chi connectivity index (χ2n) is 3.73. The van der Waals surface area contributed by atoms with Crippen molar-refractivity contribution in [2.45, 2.75) is 20.0 Å². The molecule has 84 valence electrons. The van der Waals surface area contributed by atoms with E-state index in [1.165, 1.54) is 0 Å². The number of rotatable bonds is 4. The molecule has 0 aliphatic heterocycles. The smallest absolute Gasteiger partial charge is 0.124 e. The van der Waals surface area contributed by atoms with Gasteiger partial charge >= 0.3 is 0 Å². The summed E-state index contributed by atoms with van der Waals surface area (Å²) in [5, 5.41) is 16.6. The quantitative estimate of drug-likeness (QED) is 0.823. The van der Waals surface area contributed by atoms with Crippen molar-refractivity contribution in [1.29, 1.82) is 0 Å². The van der Waals surface area contributed by atoms with E-state index in [1.54, 1.807) is 12.3 Å². The SMILES string of the molecule is Cc1ccc(O)c(CNCc2ccon2)c1. The minimum absolute atomic E-state index is 0.318. The maximum absolute atomic E-state index is 9.62. The number of aromatic hydroxyl groups is 1. The lowest BCUT2D eigenvalue weighted by Gasteiger charge is -2.06. The number of nitrogens with one attached hydrogen (secondary N) is 1.